The number of aryl methyl sites for hydroxylation is 1. The second-order valence-corrected chi connectivity index (χ2v) is 10.6. The van der Waals surface area contributed by atoms with Gasteiger partial charge in [-0.3, -0.25) is 4.79 Å². The number of hydrogen-bond donors (Lipinski definition) is 2. The van der Waals surface area contributed by atoms with Crippen molar-refractivity contribution in [2.45, 2.75) is 31.7 Å². The Bertz CT molecular complexity index is 1360. The van der Waals surface area contributed by atoms with Gasteiger partial charge >= 0.3 is 5.97 Å². The van der Waals surface area contributed by atoms with E-state index in [2.05, 4.69) is 23.8 Å². The molecule has 30 heavy (non-hydrogen) atoms. The van der Waals surface area contributed by atoms with Crippen molar-refractivity contribution in [1.29, 1.82) is 0 Å². The third-order valence-corrected chi connectivity index (χ3v) is 7.48. The molecule has 6 nitrogen and oxygen atoms in total. The van der Waals surface area contributed by atoms with Gasteiger partial charge in [-0.05, 0) is 60.9 Å². The molecular weight excluding hydrogens is 422 g/mol. The van der Waals surface area contributed by atoms with Crippen molar-refractivity contribution in [3.05, 3.63) is 53.4 Å². The first-order valence-electron chi connectivity index (χ1n) is 9.44. The first-order chi connectivity index (χ1) is 14.2. The summed E-state index contributed by atoms with van der Waals surface area (Å²) in [5, 5.41) is 11.0. The van der Waals surface area contributed by atoms with Crippen molar-refractivity contribution in [1.82, 2.24) is 4.72 Å². The van der Waals surface area contributed by atoms with E-state index < -0.39 is 28.0 Å². The second kappa shape index (κ2) is 7.54. The largest absolute Gasteiger partial charge is 0.480 e. The van der Waals surface area contributed by atoms with Crippen molar-refractivity contribution in [3.63, 3.8) is 0 Å². The number of fused-ring (bicyclic) bond motifs is 3. The highest BCUT2D eigenvalue weighted by molar-refractivity contribution is 7.89. The zero-order valence-electron chi connectivity index (χ0n) is 16.7. The van der Waals surface area contributed by atoms with Crippen LogP contribution in [0, 0.1) is 12.8 Å². The van der Waals surface area contributed by atoms with Crippen molar-refractivity contribution in [2.75, 3.05) is 0 Å². The molecule has 0 bridgehead atoms. The summed E-state index contributed by atoms with van der Waals surface area (Å²) < 4.78 is 33.6. The van der Waals surface area contributed by atoms with E-state index in [-0.39, 0.29) is 4.90 Å². The summed E-state index contributed by atoms with van der Waals surface area (Å²) in [5.41, 5.74) is 2.17. The predicted molar refractivity (Wildman–Crippen MR) is 118 cm³/mol. The number of carboxylic acid groups (broad SMARTS) is 1. The molecule has 4 aromatic rings. The molecule has 8 heteroatoms. The van der Waals surface area contributed by atoms with Crippen LogP contribution in [0.1, 0.15) is 18.7 Å². The number of nitrogens with one attached hydrogen (secondary N) is 1. The number of carboxylic acids is 1. The second-order valence-electron chi connectivity index (χ2n) is 7.56. The van der Waals surface area contributed by atoms with Gasteiger partial charge in [-0.1, -0.05) is 13.8 Å². The molecule has 0 radical (unpaired) electrons. The summed E-state index contributed by atoms with van der Waals surface area (Å²) in [6.45, 7) is 5.36. The first kappa shape index (κ1) is 20.6. The molecule has 156 valence electrons. The Kier molecular flexibility index (Phi) is 5.17. The maximum Gasteiger partial charge on any atom is 0.322 e. The molecule has 2 aromatic carbocycles. The van der Waals surface area contributed by atoms with Gasteiger partial charge in [0.25, 0.3) is 0 Å². The van der Waals surface area contributed by atoms with E-state index in [9.17, 15) is 18.3 Å². The molecule has 0 saturated heterocycles. The van der Waals surface area contributed by atoms with Crippen molar-refractivity contribution in [3.8, 4) is 10.4 Å². The van der Waals surface area contributed by atoms with Gasteiger partial charge in [0, 0.05) is 26.6 Å². The Morgan fingerprint density at radius 3 is 2.43 bits per heavy atom. The zero-order chi connectivity index (χ0) is 21.6. The van der Waals surface area contributed by atoms with Gasteiger partial charge in [-0.2, -0.15) is 4.72 Å². The lowest BCUT2D eigenvalue weighted by Gasteiger charge is -2.17. The third-order valence-electron chi connectivity index (χ3n) is 4.99. The first-order valence-corrected chi connectivity index (χ1v) is 11.7. The van der Waals surface area contributed by atoms with Crippen molar-refractivity contribution < 1.29 is 22.7 Å². The minimum Gasteiger partial charge on any atom is -0.480 e. The van der Waals surface area contributed by atoms with E-state index in [1.807, 2.05) is 18.2 Å². The van der Waals surface area contributed by atoms with E-state index in [1.54, 1.807) is 31.3 Å². The molecule has 0 aliphatic heterocycles. The van der Waals surface area contributed by atoms with Crippen LogP contribution in [-0.4, -0.2) is 25.5 Å². The SMILES string of the molecule is Cc1ccc(-c2ccc3oc4cc(S(=O)(=O)N[C@H](C(=O)O)C(C)C)ccc4c3c2)s1. The van der Waals surface area contributed by atoms with E-state index in [0.29, 0.717) is 11.2 Å². The quantitative estimate of drug-likeness (QED) is 0.437. The molecule has 0 amide bonds. The van der Waals surface area contributed by atoms with E-state index >= 15 is 0 Å². The minimum atomic E-state index is -4.02. The number of sulfonamides is 1. The Balaban J connectivity index is 1.76. The summed E-state index contributed by atoms with van der Waals surface area (Å²) in [6.07, 6.45) is 0. The molecule has 4 rings (SSSR count). The third kappa shape index (κ3) is 3.74. The molecular formula is C22H21NO5S2. The van der Waals surface area contributed by atoms with Crippen molar-refractivity contribution >= 4 is 49.3 Å². The van der Waals surface area contributed by atoms with Crippen LogP contribution in [0.4, 0.5) is 0 Å². The number of rotatable bonds is 6. The summed E-state index contributed by atoms with van der Waals surface area (Å²) >= 11 is 1.71. The summed E-state index contributed by atoms with van der Waals surface area (Å²) in [6, 6.07) is 13.4. The fourth-order valence-electron chi connectivity index (χ4n) is 3.37. The Morgan fingerprint density at radius 2 is 1.80 bits per heavy atom. The number of thiophene rings is 1. The molecule has 0 saturated carbocycles. The van der Waals surface area contributed by atoms with Crippen LogP contribution in [0.15, 0.2) is 57.8 Å². The lowest BCUT2D eigenvalue weighted by molar-refractivity contribution is -0.140. The fraction of sp³-hybridized carbons (Fsp3) is 0.227. The maximum absolute atomic E-state index is 12.7. The molecule has 2 N–H and O–H groups in total. The van der Waals surface area contributed by atoms with Gasteiger partial charge in [-0.25, -0.2) is 8.42 Å². The maximum atomic E-state index is 12.7. The van der Waals surface area contributed by atoms with Crippen LogP contribution >= 0.6 is 11.3 Å². The Hall–Kier alpha value is -2.68. The predicted octanol–water partition coefficient (Wildman–Crippen LogP) is 5.01. The van der Waals surface area contributed by atoms with Gasteiger partial charge in [-0.15, -0.1) is 11.3 Å². The molecule has 2 aromatic heterocycles. The smallest absolute Gasteiger partial charge is 0.322 e. The highest BCUT2D eigenvalue weighted by Crippen LogP contribution is 2.35. The molecule has 0 aliphatic carbocycles. The molecule has 0 aliphatic rings. The van der Waals surface area contributed by atoms with Crippen LogP contribution < -0.4 is 4.72 Å². The van der Waals surface area contributed by atoms with E-state index in [4.69, 9.17) is 4.42 Å². The summed E-state index contributed by atoms with van der Waals surface area (Å²) in [7, 11) is -4.02. The highest BCUT2D eigenvalue weighted by atomic mass is 32.2. The Labute approximate surface area is 178 Å². The molecule has 1 atom stereocenters. The average Bonchev–Trinajstić information content (AvgIpc) is 3.28. The highest BCUT2D eigenvalue weighted by Gasteiger charge is 2.28. The van der Waals surface area contributed by atoms with Gasteiger partial charge in [0.15, 0.2) is 0 Å². The van der Waals surface area contributed by atoms with Gasteiger partial charge < -0.3 is 9.52 Å². The number of benzene rings is 2. The van der Waals surface area contributed by atoms with Crippen molar-refractivity contribution in [2.24, 2.45) is 5.92 Å². The monoisotopic (exact) mass is 443 g/mol. The van der Waals surface area contributed by atoms with Gasteiger partial charge in [0.1, 0.15) is 17.2 Å². The molecule has 2 heterocycles. The minimum absolute atomic E-state index is 0.0324. The van der Waals surface area contributed by atoms with E-state index in [0.717, 1.165) is 21.2 Å². The van der Waals surface area contributed by atoms with Crippen LogP contribution in [0.3, 0.4) is 0 Å². The fourth-order valence-corrected chi connectivity index (χ4v) is 5.59. The van der Waals surface area contributed by atoms with Crippen LogP contribution in [0.5, 0.6) is 0 Å². The normalized spacial score (nSPS) is 13.3. The standard InChI is InChI=1S/C22H21NO5S2/c1-12(2)21(22(24)25)23-30(26,27)15-6-7-16-17-10-14(20-9-4-13(3)29-20)5-8-18(17)28-19(16)11-15/h4-12,21,23H,1-3H3,(H,24,25)/t21-/m0/s1. The van der Waals surface area contributed by atoms with Crippen LogP contribution in [-0.2, 0) is 14.8 Å². The molecule has 0 fully saturated rings. The number of carbonyl (C=O) groups is 1. The van der Waals surface area contributed by atoms with E-state index in [1.165, 1.54) is 17.0 Å². The number of hydrogen-bond acceptors (Lipinski definition) is 5. The number of aliphatic carboxylic acids is 1. The van der Waals surface area contributed by atoms with Gasteiger partial charge in [0.05, 0.1) is 4.90 Å². The van der Waals surface area contributed by atoms with Crippen LogP contribution in [0.2, 0.25) is 0 Å². The van der Waals surface area contributed by atoms with Crippen LogP contribution in [0.25, 0.3) is 32.4 Å². The Morgan fingerprint density at radius 1 is 1.03 bits per heavy atom. The number of furan rings is 1. The molecule has 0 unspecified atom stereocenters. The summed E-state index contributed by atoms with van der Waals surface area (Å²) in [5.74, 6) is -1.61. The van der Waals surface area contributed by atoms with Gasteiger partial charge in [0.2, 0.25) is 10.0 Å². The topological polar surface area (TPSA) is 96.6 Å². The lowest BCUT2D eigenvalue weighted by Crippen LogP contribution is -2.44. The average molecular weight is 444 g/mol. The lowest BCUT2D eigenvalue weighted by atomic mass is 10.1. The summed E-state index contributed by atoms with van der Waals surface area (Å²) in [4.78, 5) is 13.7. The zero-order valence-corrected chi connectivity index (χ0v) is 18.3. The molecule has 0 spiro atoms.